The van der Waals surface area contributed by atoms with E-state index in [0.29, 0.717) is 23.8 Å². The summed E-state index contributed by atoms with van der Waals surface area (Å²) in [5, 5.41) is 2.90. The summed E-state index contributed by atoms with van der Waals surface area (Å²) in [6, 6.07) is 13.3. The molecule has 7 heteroatoms. The summed E-state index contributed by atoms with van der Waals surface area (Å²) in [5.41, 5.74) is 1.34. The number of ether oxygens (including phenoxy) is 1. The molecular formula is C23H30N2O4S. The second kappa shape index (κ2) is 10.9. The van der Waals surface area contributed by atoms with E-state index in [9.17, 15) is 13.2 Å². The zero-order valence-corrected chi connectivity index (χ0v) is 18.6. The molecule has 0 aromatic heterocycles. The first kappa shape index (κ1) is 23.6. The van der Waals surface area contributed by atoms with Crippen LogP contribution in [0.15, 0.2) is 66.1 Å². The molecule has 0 fully saturated rings. The number of hydrogen-bond acceptors (Lipinski definition) is 4. The van der Waals surface area contributed by atoms with Gasteiger partial charge in [0.1, 0.15) is 5.75 Å². The fourth-order valence-electron chi connectivity index (χ4n) is 2.83. The van der Waals surface area contributed by atoms with Crippen molar-refractivity contribution in [3.63, 3.8) is 0 Å². The maximum Gasteiger partial charge on any atom is 0.251 e. The Morgan fingerprint density at radius 2 is 1.77 bits per heavy atom. The van der Waals surface area contributed by atoms with Gasteiger partial charge in [-0.15, -0.1) is 6.58 Å². The molecule has 0 saturated carbocycles. The monoisotopic (exact) mass is 430 g/mol. The molecule has 0 bridgehead atoms. The molecule has 2 aromatic carbocycles. The lowest BCUT2D eigenvalue weighted by atomic mass is 10.1. The third-order valence-corrected chi connectivity index (χ3v) is 6.44. The molecule has 0 heterocycles. The Labute approximate surface area is 179 Å². The van der Waals surface area contributed by atoms with Crippen LogP contribution >= 0.6 is 0 Å². The Morgan fingerprint density at radius 3 is 2.30 bits per heavy atom. The summed E-state index contributed by atoms with van der Waals surface area (Å²) in [4.78, 5) is 12.4. The number of carbonyl (C=O) groups is 1. The molecule has 6 nitrogen and oxygen atoms in total. The molecule has 0 aliphatic heterocycles. The highest BCUT2D eigenvalue weighted by Crippen LogP contribution is 2.21. The van der Waals surface area contributed by atoms with Crippen molar-refractivity contribution in [2.24, 2.45) is 5.92 Å². The van der Waals surface area contributed by atoms with Crippen LogP contribution in [0.25, 0.3) is 0 Å². The highest BCUT2D eigenvalue weighted by Gasteiger charge is 2.23. The summed E-state index contributed by atoms with van der Waals surface area (Å²) in [5.74, 6) is 0.985. The second-order valence-corrected chi connectivity index (χ2v) is 9.34. The number of rotatable bonds is 11. The van der Waals surface area contributed by atoms with Crippen molar-refractivity contribution in [1.29, 1.82) is 0 Å². The highest BCUT2D eigenvalue weighted by atomic mass is 32.2. The third kappa shape index (κ3) is 6.43. The van der Waals surface area contributed by atoms with Crippen molar-refractivity contribution in [2.45, 2.75) is 31.7 Å². The lowest BCUT2D eigenvalue weighted by Crippen LogP contribution is -2.31. The topological polar surface area (TPSA) is 75.7 Å². The maximum atomic E-state index is 13.0. The van der Waals surface area contributed by atoms with Gasteiger partial charge in [0.25, 0.3) is 5.91 Å². The van der Waals surface area contributed by atoms with Crippen molar-refractivity contribution in [1.82, 2.24) is 9.62 Å². The zero-order chi connectivity index (χ0) is 22.1. The number of nitrogens with one attached hydrogen (secondary N) is 1. The number of carbonyl (C=O) groups excluding carboxylic acids is 1. The van der Waals surface area contributed by atoms with Crippen LogP contribution < -0.4 is 10.1 Å². The van der Waals surface area contributed by atoms with Gasteiger partial charge < -0.3 is 10.1 Å². The van der Waals surface area contributed by atoms with Crippen LogP contribution in [0.1, 0.15) is 36.2 Å². The summed E-state index contributed by atoms with van der Waals surface area (Å²) in [7, 11) is -2.18. The van der Waals surface area contributed by atoms with Crippen LogP contribution in [0.3, 0.4) is 0 Å². The lowest BCUT2D eigenvalue weighted by Gasteiger charge is -2.21. The molecule has 0 aliphatic rings. The first-order chi connectivity index (χ1) is 14.3. The fourth-order valence-corrected chi connectivity index (χ4v) is 4.23. The molecule has 0 unspecified atom stereocenters. The van der Waals surface area contributed by atoms with E-state index in [0.717, 1.165) is 12.0 Å². The normalized spacial score (nSPS) is 11.5. The second-order valence-electron chi connectivity index (χ2n) is 7.40. The molecule has 1 N–H and O–H groups in total. The van der Waals surface area contributed by atoms with E-state index in [1.807, 2.05) is 0 Å². The van der Waals surface area contributed by atoms with Crippen molar-refractivity contribution in [3.05, 3.63) is 72.3 Å². The van der Waals surface area contributed by atoms with E-state index >= 15 is 0 Å². The molecule has 0 saturated heterocycles. The average Bonchev–Trinajstić information content (AvgIpc) is 2.73. The average molecular weight is 431 g/mol. The Balaban J connectivity index is 2.12. The largest absolute Gasteiger partial charge is 0.497 e. The van der Waals surface area contributed by atoms with Gasteiger partial charge in [0.05, 0.1) is 12.0 Å². The van der Waals surface area contributed by atoms with Crippen LogP contribution in [0, 0.1) is 5.92 Å². The molecule has 1 amide bonds. The first-order valence-corrected chi connectivity index (χ1v) is 11.3. The van der Waals surface area contributed by atoms with Crippen LogP contribution in [-0.2, 0) is 16.6 Å². The lowest BCUT2D eigenvalue weighted by molar-refractivity contribution is 0.0952. The fraction of sp³-hybridized carbons (Fsp3) is 0.348. The van der Waals surface area contributed by atoms with Gasteiger partial charge in [0, 0.05) is 25.2 Å². The smallest absolute Gasteiger partial charge is 0.251 e. The minimum Gasteiger partial charge on any atom is -0.497 e. The van der Waals surface area contributed by atoms with Crippen LogP contribution in [0.2, 0.25) is 0 Å². The first-order valence-electron chi connectivity index (χ1n) is 9.90. The Kier molecular flexibility index (Phi) is 8.62. The minimum absolute atomic E-state index is 0.129. The standard InChI is InChI=1S/C23H30N2O4S/c1-5-16-25(30(27,28)22-12-10-21(29-4)11-13-22)17-19-6-8-20(9-7-19)23(26)24-15-14-18(2)3/h5-13,18H,1,14-17H2,2-4H3,(H,24,26). The molecule has 0 aliphatic carbocycles. The molecule has 0 spiro atoms. The van der Waals surface area contributed by atoms with E-state index in [1.54, 1.807) is 42.5 Å². The molecule has 30 heavy (non-hydrogen) atoms. The maximum absolute atomic E-state index is 13.0. The molecule has 0 radical (unpaired) electrons. The number of sulfonamides is 1. The van der Waals surface area contributed by atoms with Crippen molar-refractivity contribution in [3.8, 4) is 5.75 Å². The number of benzene rings is 2. The van der Waals surface area contributed by atoms with Crippen molar-refractivity contribution in [2.75, 3.05) is 20.2 Å². The molecule has 2 aromatic rings. The Hall–Kier alpha value is -2.64. The van der Waals surface area contributed by atoms with Crippen molar-refractivity contribution >= 4 is 15.9 Å². The minimum atomic E-state index is -3.71. The van der Waals surface area contributed by atoms with Crippen molar-refractivity contribution < 1.29 is 17.9 Å². The van der Waals surface area contributed by atoms with Crippen LogP contribution in [-0.4, -0.2) is 38.8 Å². The third-order valence-electron chi connectivity index (χ3n) is 4.61. The van der Waals surface area contributed by atoms with Gasteiger partial charge in [0.15, 0.2) is 0 Å². The van der Waals surface area contributed by atoms with Gasteiger partial charge in [-0.1, -0.05) is 32.1 Å². The summed E-state index contributed by atoms with van der Waals surface area (Å²) < 4.78 is 32.5. The van der Waals surface area contributed by atoms with E-state index in [1.165, 1.54) is 23.5 Å². The Morgan fingerprint density at radius 1 is 1.13 bits per heavy atom. The molecular weight excluding hydrogens is 400 g/mol. The molecule has 162 valence electrons. The molecule has 2 rings (SSSR count). The van der Waals surface area contributed by atoms with Gasteiger partial charge in [-0.3, -0.25) is 4.79 Å². The van der Waals surface area contributed by atoms with Gasteiger partial charge in [-0.2, -0.15) is 4.31 Å². The molecule has 0 atom stereocenters. The predicted octanol–water partition coefficient (Wildman–Crippen LogP) is 3.85. The number of amides is 1. The summed E-state index contributed by atoms with van der Waals surface area (Å²) >= 11 is 0. The van der Waals surface area contributed by atoms with Gasteiger partial charge >= 0.3 is 0 Å². The van der Waals surface area contributed by atoms with Crippen LogP contribution in [0.4, 0.5) is 0 Å². The number of nitrogens with zero attached hydrogens (tertiary/aromatic N) is 1. The van der Waals surface area contributed by atoms with Gasteiger partial charge in [-0.25, -0.2) is 8.42 Å². The summed E-state index contributed by atoms with van der Waals surface area (Å²) in [6.45, 7) is 8.87. The summed E-state index contributed by atoms with van der Waals surface area (Å²) in [6.07, 6.45) is 2.47. The SMILES string of the molecule is C=CCN(Cc1ccc(C(=O)NCCC(C)C)cc1)S(=O)(=O)c1ccc(OC)cc1. The van der Waals surface area contributed by atoms with E-state index < -0.39 is 10.0 Å². The van der Waals surface area contributed by atoms with E-state index in [4.69, 9.17) is 4.74 Å². The zero-order valence-electron chi connectivity index (χ0n) is 17.8. The van der Waals surface area contributed by atoms with E-state index in [2.05, 4.69) is 25.7 Å². The van der Waals surface area contributed by atoms with Crippen LogP contribution in [0.5, 0.6) is 5.75 Å². The van der Waals surface area contributed by atoms with Gasteiger partial charge in [0.2, 0.25) is 10.0 Å². The quantitative estimate of drug-likeness (QED) is 0.550. The number of methoxy groups -OCH3 is 1. The number of hydrogen-bond donors (Lipinski definition) is 1. The van der Waals surface area contributed by atoms with Gasteiger partial charge in [-0.05, 0) is 54.3 Å². The highest BCUT2D eigenvalue weighted by molar-refractivity contribution is 7.89. The predicted molar refractivity (Wildman–Crippen MR) is 119 cm³/mol. The van der Waals surface area contributed by atoms with E-state index in [-0.39, 0.29) is 23.9 Å². The Bertz CT molecular complexity index is 936.